The van der Waals surface area contributed by atoms with E-state index in [0.29, 0.717) is 6.04 Å². The second kappa shape index (κ2) is 7.11. The fraction of sp³-hybridized carbons (Fsp3) is 0.211. The first-order valence-electron chi connectivity index (χ1n) is 7.78. The Balaban J connectivity index is 1.71. The molecule has 0 fully saturated rings. The highest BCUT2D eigenvalue weighted by Gasteiger charge is 2.01. The Morgan fingerprint density at radius 3 is 3.00 bits per heavy atom. The van der Waals surface area contributed by atoms with Crippen LogP contribution in [-0.2, 0) is 0 Å². The summed E-state index contributed by atoms with van der Waals surface area (Å²) in [6.07, 6.45) is 10.7. The molecule has 3 aromatic rings. The van der Waals surface area contributed by atoms with E-state index in [1.165, 1.54) is 0 Å². The number of aromatic nitrogens is 2. The quantitative estimate of drug-likeness (QED) is 0.711. The topological polar surface area (TPSA) is 49.9 Å². The third-order valence-corrected chi connectivity index (χ3v) is 3.79. The van der Waals surface area contributed by atoms with Gasteiger partial charge < -0.3 is 15.0 Å². The number of nitrogens with one attached hydrogen (secondary N) is 2. The fourth-order valence-electron chi connectivity index (χ4n) is 2.34. The number of fused-ring (bicyclic) bond motifs is 1. The van der Waals surface area contributed by atoms with Gasteiger partial charge >= 0.3 is 0 Å². The molecule has 0 bridgehead atoms. The summed E-state index contributed by atoms with van der Waals surface area (Å²) in [6, 6.07) is 10.5. The molecule has 2 heterocycles. The van der Waals surface area contributed by atoms with Gasteiger partial charge in [0.15, 0.2) is 0 Å². The Morgan fingerprint density at radius 2 is 2.13 bits per heavy atom. The lowest BCUT2D eigenvalue weighted by molar-refractivity contribution is 0.481. The van der Waals surface area contributed by atoms with Crippen LogP contribution in [0.4, 0.5) is 0 Å². The van der Waals surface area contributed by atoms with Gasteiger partial charge in [-0.25, -0.2) is 0 Å². The molecule has 0 aliphatic heterocycles. The number of ether oxygens (including phenoxy) is 1. The first-order chi connectivity index (χ1) is 11.2. The van der Waals surface area contributed by atoms with Gasteiger partial charge in [-0.15, -0.1) is 0 Å². The summed E-state index contributed by atoms with van der Waals surface area (Å²) < 4.78 is 5.92. The van der Waals surface area contributed by atoms with Gasteiger partial charge in [-0.3, -0.25) is 4.98 Å². The minimum absolute atomic E-state index is 0.465. The van der Waals surface area contributed by atoms with Crippen LogP contribution in [0.5, 0.6) is 11.5 Å². The number of benzene rings is 1. The SMILES string of the molecule is CN[C@@H](C)C/C=C/c1cncc(Oc2ccc3[nH]ccc3c2)c1. The van der Waals surface area contributed by atoms with Gasteiger partial charge in [-0.05, 0) is 56.3 Å². The molecule has 1 aromatic carbocycles. The maximum atomic E-state index is 5.92. The molecule has 4 heteroatoms. The molecule has 0 radical (unpaired) electrons. The number of pyridine rings is 1. The van der Waals surface area contributed by atoms with E-state index in [4.69, 9.17) is 4.74 Å². The Labute approximate surface area is 136 Å². The zero-order valence-electron chi connectivity index (χ0n) is 13.4. The predicted molar refractivity (Wildman–Crippen MR) is 94.8 cm³/mol. The largest absolute Gasteiger partial charge is 0.456 e. The number of hydrogen-bond acceptors (Lipinski definition) is 3. The summed E-state index contributed by atoms with van der Waals surface area (Å²) in [5, 5.41) is 4.35. The van der Waals surface area contributed by atoms with Gasteiger partial charge in [0, 0.05) is 29.3 Å². The van der Waals surface area contributed by atoms with Crippen molar-refractivity contribution in [1.82, 2.24) is 15.3 Å². The Bertz CT molecular complexity index is 807. The van der Waals surface area contributed by atoms with E-state index in [2.05, 4.69) is 34.4 Å². The minimum atomic E-state index is 0.465. The van der Waals surface area contributed by atoms with E-state index in [9.17, 15) is 0 Å². The average molecular weight is 307 g/mol. The van der Waals surface area contributed by atoms with Crippen LogP contribution in [-0.4, -0.2) is 23.1 Å². The summed E-state index contributed by atoms with van der Waals surface area (Å²) in [7, 11) is 1.97. The van der Waals surface area contributed by atoms with Gasteiger partial charge in [-0.2, -0.15) is 0 Å². The van der Waals surface area contributed by atoms with Crippen molar-refractivity contribution in [2.75, 3.05) is 7.05 Å². The van der Waals surface area contributed by atoms with Crippen LogP contribution in [0.1, 0.15) is 18.9 Å². The van der Waals surface area contributed by atoms with Gasteiger partial charge in [0.2, 0.25) is 0 Å². The van der Waals surface area contributed by atoms with E-state index >= 15 is 0 Å². The molecule has 23 heavy (non-hydrogen) atoms. The number of rotatable bonds is 6. The van der Waals surface area contributed by atoms with Crippen molar-refractivity contribution in [2.24, 2.45) is 0 Å². The van der Waals surface area contributed by atoms with Crippen LogP contribution in [0, 0.1) is 0 Å². The van der Waals surface area contributed by atoms with Gasteiger partial charge in [0.25, 0.3) is 0 Å². The van der Waals surface area contributed by atoms with E-state index in [1.54, 1.807) is 6.20 Å². The summed E-state index contributed by atoms with van der Waals surface area (Å²) >= 11 is 0. The summed E-state index contributed by atoms with van der Waals surface area (Å²) in [6.45, 7) is 2.15. The molecule has 0 spiro atoms. The van der Waals surface area contributed by atoms with Crippen molar-refractivity contribution in [3.63, 3.8) is 0 Å². The van der Waals surface area contributed by atoms with E-state index < -0.39 is 0 Å². The van der Waals surface area contributed by atoms with Crippen LogP contribution in [0.2, 0.25) is 0 Å². The number of nitrogens with zero attached hydrogens (tertiary/aromatic N) is 1. The standard InChI is InChI=1S/C19H21N3O/c1-14(20-2)4-3-5-15-10-18(13-21-12-15)23-17-6-7-19-16(11-17)8-9-22-19/h3,5-14,20,22H,4H2,1-2H3/b5-3+/t14-/m0/s1. The van der Waals surface area contributed by atoms with Crippen LogP contribution < -0.4 is 10.1 Å². The maximum Gasteiger partial charge on any atom is 0.146 e. The number of hydrogen-bond donors (Lipinski definition) is 2. The summed E-state index contributed by atoms with van der Waals surface area (Å²) in [5.74, 6) is 1.55. The van der Waals surface area contributed by atoms with Gasteiger partial charge in [0.05, 0.1) is 6.20 Å². The van der Waals surface area contributed by atoms with Crippen LogP contribution in [0.25, 0.3) is 17.0 Å². The number of aromatic amines is 1. The van der Waals surface area contributed by atoms with Gasteiger partial charge in [0.1, 0.15) is 11.5 Å². The lowest BCUT2D eigenvalue weighted by atomic mass is 10.2. The Hall–Kier alpha value is -2.59. The molecule has 0 aliphatic rings. The molecule has 2 aromatic heterocycles. The average Bonchev–Trinajstić information content (AvgIpc) is 3.03. The van der Waals surface area contributed by atoms with Crippen LogP contribution in [0.15, 0.2) is 55.0 Å². The first-order valence-corrected chi connectivity index (χ1v) is 7.78. The van der Waals surface area contributed by atoms with Crippen molar-refractivity contribution in [3.8, 4) is 11.5 Å². The predicted octanol–water partition coefficient (Wildman–Crippen LogP) is 4.37. The molecule has 0 saturated carbocycles. The van der Waals surface area contributed by atoms with Crippen LogP contribution in [0.3, 0.4) is 0 Å². The molecular weight excluding hydrogens is 286 g/mol. The van der Waals surface area contributed by atoms with Crippen molar-refractivity contribution in [1.29, 1.82) is 0 Å². The van der Waals surface area contributed by atoms with Crippen molar-refractivity contribution < 1.29 is 4.74 Å². The molecule has 1 atom stereocenters. The second-order valence-corrected chi connectivity index (χ2v) is 5.61. The molecule has 3 rings (SSSR count). The highest BCUT2D eigenvalue weighted by molar-refractivity contribution is 5.80. The Morgan fingerprint density at radius 1 is 1.22 bits per heavy atom. The monoisotopic (exact) mass is 307 g/mol. The molecule has 4 nitrogen and oxygen atoms in total. The van der Waals surface area contributed by atoms with Crippen molar-refractivity contribution in [3.05, 3.63) is 60.6 Å². The molecular formula is C19H21N3O. The minimum Gasteiger partial charge on any atom is -0.456 e. The highest BCUT2D eigenvalue weighted by atomic mass is 16.5. The molecule has 0 amide bonds. The van der Waals surface area contributed by atoms with Crippen molar-refractivity contribution in [2.45, 2.75) is 19.4 Å². The lowest BCUT2D eigenvalue weighted by Gasteiger charge is -2.07. The van der Waals surface area contributed by atoms with E-state index in [0.717, 1.165) is 34.4 Å². The third-order valence-electron chi connectivity index (χ3n) is 3.79. The van der Waals surface area contributed by atoms with Crippen molar-refractivity contribution >= 4 is 17.0 Å². The normalized spacial score (nSPS) is 12.8. The summed E-state index contributed by atoms with van der Waals surface area (Å²) in [4.78, 5) is 7.43. The fourth-order valence-corrected chi connectivity index (χ4v) is 2.34. The second-order valence-electron chi connectivity index (χ2n) is 5.61. The molecule has 0 aliphatic carbocycles. The smallest absolute Gasteiger partial charge is 0.146 e. The molecule has 0 unspecified atom stereocenters. The van der Waals surface area contributed by atoms with Gasteiger partial charge in [-0.1, -0.05) is 12.2 Å². The maximum absolute atomic E-state index is 5.92. The Kier molecular flexibility index (Phi) is 4.74. The van der Waals surface area contributed by atoms with E-state index in [1.807, 2.05) is 49.8 Å². The molecule has 2 N–H and O–H groups in total. The van der Waals surface area contributed by atoms with Crippen LogP contribution >= 0.6 is 0 Å². The lowest BCUT2D eigenvalue weighted by Crippen LogP contribution is -2.19. The summed E-state index contributed by atoms with van der Waals surface area (Å²) in [5.41, 5.74) is 2.14. The molecule has 118 valence electrons. The highest BCUT2D eigenvalue weighted by Crippen LogP contribution is 2.25. The zero-order valence-corrected chi connectivity index (χ0v) is 13.4. The zero-order chi connectivity index (χ0) is 16.1. The van der Waals surface area contributed by atoms with E-state index in [-0.39, 0.29) is 0 Å². The third kappa shape index (κ3) is 3.99. The molecule has 0 saturated heterocycles. The number of H-pyrrole nitrogens is 1. The first kappa shape index (κ1) is 15.3.